The van der Waals surface area contributed by atoms with Crippen LogP contribution in [0.1, 0.15) is 10.4 Å². The van der Waals surface area contributed by atoms with E-state index in [1.54, 1.807) is 24.3 Å². The van der Waals surface area contributed by atoms with Crippen LogP contribution < -0.4 is 0 Å². The van der Waals surface area contributed by atoms with Crippen molar-refractivity contribution in [3.8, 4) is 0 Å². The normalized spacial score (nSPS) is 8.09. The van der Waals surface area contributed by atoms with Crippen LogP contribution in [-0.4, -0.2) is 13.1 Å². The number of methoxy groups -OCH3 is 1. The summed E-state index contributed by atoms with van der Waals surface area (Å²) < 4.78 is 4.50. The van der Waals surface area contributed by atoms with Gasteiger partial charge in [0, 0.05) is 49.9 Å². The molecular formula is C8H8FrO2. The molecule has 3 heteroatoms. The SMILES string of the molecule is COC(=O)c1ccccc1.[Fr]. The fourth-order valence-corrected chi connectivity index (χ4v) is 0.692. The standard InChI is InChI=1S/C8H8O2.Fr/c1-10-8(9)7-5-3-2-4-6-7;/h2-6H,1H3;. The zero-order valence-corrected chi connectivity index (χ0v) is 14.9. The van der Waals surface area contributed by atoms with Crippen molar-refractivity contribution in [2.45, 2.75) is 0 Å². The minimum atomic E-state index is -0.291. The van der Waals surface area contributed by atoms with Crippen molar-refractivity contribution in [2.75, 3.05) is 7.11 Å². The number of hydrogen-bond donors (Lipinski definition) is 0. The number of benzene rings is 1. The predicted octanol–water partition coefficient (Wildman–Crippen LogP) is 1.47. The molecule has 1 radical (unpaired) electrons. The van der Waals surface area contributed by atoms with Crippen molar-refractivity contribution in [2.24, 2.45) is 0 Å². The fraction of sp³-hybridized carbons (Fsp3) is 0.125. The second-order valence-corrected chi connectivity index (χ2v) is 1.86. The van der Waals surface area contributed by atoms with Gasteiger partial charge in [-0.25, -0.2) is 4.79 Å². The molecule has 0 amide bonds. The van der Waals surface area contributed by atoms with Gasteiger partial charge in [0.2, 0.25) is 0 Å². The van der Waals surface area contributed by atoms with E-state index in [1.165, 1.54) is 7.11 Å². The topological polar surface area (TPSA) is 26.3 Å². The number of hydrogen-bond acceptors (Lipinski definition) is 2. The van der Waals surface area contributed by atoms with Gasteiger partial charge in [0.1, 0.15) is 0 Å². The van der Waals surface area contributed by atoms with E-state index in [1.807, 2.05) is 6.07 Å². The molecule has 1 aromatic rings. The van der Waals surface area contributed by atoms with Crippen LogP contribution in [0.4, 0.5) is 0 Å². The van der Waals surface area contributed by atoms with E-state index in [4.69, 9.17) is 0 Å². The number of carbonyl (C=O) groups is 1. The Morgan fingerprint density at radius 2 is 1.82 bits per heavy atom. The molecule has 0 aliphatic rings. The van der Waals surface area contributed by atoms with Gasteiger partial charge in [-0.05, 0) is 12.1 Å². The zero-order chi connectivity index (χ0) is 7.40. The van der Waals surface area contributed by atoms with Crippen LogP contribution in [-0.2, 0) is 4.74 Å². The number of esters is 1. The summed E-state index contributed by atoms with van der Waals surface area (Å²) in [5, 5.41) is 0. The van der Waals surface area contributed by atoms with Gasteiger partial charge in [-0.2, -0.15) is 0 Å². The van der Waals surface area contributed by atoms with E-state index in [0.29, 0.717) is 5.56 Å². The summed E-state index contributed by atoms with van der Waals surface area (Å²) in [6, 6.07) is 8.88. The Labute approximate surface area is 107 Å². The molecule has 0 spiro atoms. The molecule has 0 saturated carbocycles. The van der Waals surface area contributed by atoms with E-state index < -0.39 is 0 Å². The Bertz CT molecular complexity index is 221. The number of carbonyl (C=O) groups excluding carboxylic acids is 1. The molecule has 0 aromatic heterocycles. The van der Waals surface area contributed by atoms with Gasteiger partial charge in [0.05, 0.1) is 12.7 Å². The minimum absolute atomic E-state index is 0. The molecule has 0 heterocycles. The van der Waals surface area contributed by atoms with E-state index in [2.05, 4.69) is 4.74 Å². The van der Waals surface area contributed by atoms with Crippen molar-refractivity contribution in [1.29, 1.82) is 0 Å². The summed E-state index contributed by atoms with van der Waals surface area (Å²) in [5.41, 5.74) is 0.588. The molecule has 0 bridgehead atoms. The third-order valence-electron chi connectivity index (χ3n) is 1.19. The zero-order valence-electron chi connectivity index (χ0n) is 6.70. The molecule has 53 valence electrons. The van der Waals surface area contributed by atoms with Crippen LogP contribution in [0.2, 0.25) is 0 Å². The fourth-order valence-electron chi connectivity index (χ4n) is 0.692. The van der Waals surface area contributed by atoms with E-state index in [9.17, 15) is 4.79 Å². The molecule has 0 fully saturated rings. The van der Waals surface area contributed by atoms with Gasteiger partial charge < -0.3 is 4.74 Å². The first-order valence-electron chi connectivity index (χ1n) is 2.98. The Balaban J connectivity index is 0.000001000. The van der Waals surface area contributed by atoms with Gasteiger partial charge >= 0.3 is 5.97 Å². The molecule has 0 aliphatic carbocycles. The van der Waals surface area contributed by atoms with Crippen LogP contribution in [0.15, 0.2) is 30.3 Å². The second kappa shape index (κ2) is 5.88. The molecule has 0 aliphatic heterocycles. The average Bonchev–Trinajstić information content (AvgIpc) is 2.05. The second-order valence-electron chi connectivity index (χ2n) is 1.86. The van der Waals surface area contributed by atoms with Crippen molar-refractivity contribution < 1.29 is 59.4 Å². The van der Waals surface area contributed by atoms with E-state index in [-0.39, 0.29) is 55.8 Å². The average molecular weight is 359 g/mol. The van der Waals surface area contributed by atoms with E-state index >= 15 is 0 Å². The molecule has 0 atom stereocenters. The first kappa shape index (κ1) is 11.3. The first-order chi connectivity index (χ1) is 4.84. The summed E-state index contributed by atoms with van der Waals surface area (Å²) in [6.07, 6.45) is 0. The van der Waals surface area contributed by atoms with E-state index in [0.717, 1.165) is 0 Å². The van der Waals surface area contributed by atoms with Crippen molar-refractivity contribution in [1.82, 2.24) is 0 Å². The molecular weight excluding hydrogens is 351 g/mol. The summed E-state index contributed by atoms with van der Waals surface area (Å²) in [6.45, 7) is 0. The Hall–Kier alpha value is 0.287. The molecule has 11 heavy (non-hydrogen) atoms. The number of ether oxygens (including phenoxy) is 1. The van der Waals surface area contributed by atoms with Crippen molar-refractivity contribution >= 4 is 5.97 Å². The molecule has 0 unspecified atom stereocenters. The maximum Gasteiger partial charge on any atom is 0.337 e. The molecule has 1 rings (SSSR count). The molecule has 0 saturated heterocycles. The Kier molecular flexibility index (Phi) is 6.03. The van der Waals surface area contributed by atoms with Gasteiger partial charge in [0.15, 0.2) is 0 Å². The Morgan fingerprint density at radius 1 is 1.27 bits per heavy atom. The quantitative estimate of drug-likeness (QED) is 0.710. The smallest absolute Gasteiger partial charge is 0.337 e. The predicted molar refractivity (Wildman–Crippen MR) is 37.8 cm³/mol. The van der Waals surface area contributed by atoms with Crippen molar-refractivity contribution in [3.63, 3.8) is 0 Å². The van der Waals surface area contributed by atoms with Gasteiger partial charge in [0.25, 0.3) is 0 Å². The first-order valence-corrected chi connectivity index (χ1v) is 2.98. The van der Waals surface area contributed by atoms with Crippen LogP contribution in [0.3, 0.4) is 0 Å². The maximum atomic E-state index is 10.8. The minimum Gasteiger partial charge on any atom is -0.465 e. The van der Waals surface area contributed by atoms with Crippen LogP contribution in [0.25, 0.3) is 0 Å². The van der Waals surface area contributed by atoms with Crippen LogP contribution in [0.5, 0.6) is 0 Å². The third kappa shape index (κ3) is 3.46. The summed E-state index contributed by atoms with van der Waals surface area (Å²) in [5.74, 6) is -0.291. The van der Waals surface area contributed by atoms with Gasteiger partial charge in [-0.3, -0.25) is 0 Å². The molecule has 2 nitrogen and oxygen atoms in total. The monoisotopic (exact) mass is 359 g/mol. The van der Waals surface area contributed by atoms with Crippen LogP contribution >= 0.6 is 0 Å². The van der Waals surface area contributed by atoms with Gasteiger partial charge in [-0.1, -0.05) is 18.2 Å². The Morgan fingerprint density at radius 3 is 2.27 bits per heavy atom. The third-order valence-corrected chi connectivity index (χ3v) is 1.19. The number of rotatable bonds is 1. The van der Waals surface area contributed by atoms with Crippen molar-refractivity contribution in [3.05, 3.63) is 35.9 Å². The summed E-state index contributed by atoms with van der Waals surface area (Å²) >= 11 is 0. The molecule has 1 aromatic carbocycles. The maximum absolute atomic E-state index is 10.8. The largest absolute Gasteiger partial charge is 0.465 e. The molecule has 0 N–H and O–H groups in total. The van der Waals surface area contributed by atoms with Crippen LogP contribution in [0, 0.1) is 49.9 Å². The summed E-state index contributed by atoms with van der Waals surface area (Å²) in [4.78, 5) is 10.8. The summed E-state index contributed by atoms with van der Waals surface area (Å²) in [7, 11) is 1.37. The van der Waals surface area contributed by atoms with Gasteiger partial charge in [-0.15, -0.1) is 0 Å².